The molecule has 2 aliphatic carbocycles. The van der Waals surface area contributed by atoms with E-state index in [9.17, 15) is 0 Å². The summed E-state index contributed by atoms with van der Waals surface area (Å²) in [6, 6.07) is 0. The lowest BCUT2D eigenvalue weighted by Crippen LogP contribution is -2.45. The largest absolute Gasteiger partial charge is 0.382 e. The number of methoxy groups -OCH3 is 1. The second kappa shape index (κ2) is 20.8. The number of nitrogens with one attached hydrogen (secondary N) is 1. The fourth-order valence-electron chi connectivity index (χ4n) is 7.46. The van der Waals surface area contributed by atoms with Crippen LogP contribution in [-0.4, -0.2) is 26.8 Å². The van der Waals surface area contributed by atoms with Crippen LogP contribution in [0.2, 0.25) is 0 Å². The van der Waals surface area contributed by atoms with E-state index >= 15 is 0 Å². The Morgan fingerprint density at radius 2 is 1.46 bits per heavy atom. The molecule has 0 aromatic rings. The van der Waals surface area contributed by atoms with E-state index in [2.05, 4.69) is 67.6 Å². The fourth-order valence-corrected chi connectivity index (χ4v) is 7.46. The maximum absolute atomic E-state index is 4.75. The Bertz CT molecular complexity index is 515. The molecule has 2 bridgehead atoms. The van der Waals surface area contributed by atoms with Crippen LogP contribution in [0.25, 0.3) is 0 Å². The average molecular weight is 526 g/mol. The highest BCUT2D eigenvalue weighted by atomic mass is 16.5. The van der Waals surface area contributed by atoms with Crippen LogP contribution in [0.1, 0.15) is 154 Å². The van der Waals surface area contributed by atoms with Gasteiger partial charge in [-0.15, -0.1) is 0 Å². The maximum Gasteiger partial charge on any atom is 0.0515 e. The second-order valence-corrected chi connectivity index (χ2v) is 13.2. The number of hydrogen-bond acceptors (Lipinski definition) is 2. The molecule has 0 saturated heterocycles. The number of fused-ring (bicyclic) bond motifs is 2. The van der Waals surface area contributed by atoms with Crippen molar-refractivity contribution in [2.45, 2.75) is 160 Å². The number of ether oxygens (including phenoxy) is 1. The summed E-state index contributed by atoms with van der Waals surface area (Å²) in [5.41, 5.74) is 1.13. The predicted octanol–water partition coefficient (Wildman–Crippen LogP) is 11.0. The Labute approximate surface area is 237 Å². The third kappa shape index (κ3) is 12.3. The topological polar surface area (TPSA) is 21.3 Å². The molecule has 37 heavy (non-hydrogen) atoms. The third-order valence-electron chi connectivity index (χ3n) is 10.7. The molecular formula is C35H75NO. The van der Waals surface area contributed by atoms with Crippen molar-refractivity contribution >= 4 is 0 Å². The molecule has 2 heteroatoms. The third-order valence-corrected chi connectivity index (χ3v) is 10.7. The van der Waals surface area contributed by atoms with Crippen LogP contribution >= 0.6 is 0 Å². The highest BCUT2D eigenvalue weighted by molar-refractivity contribution is 4.97. The molecule has 1 N–H and O–H groups in total. The predicted molar refractivity (Wildman–Crippen MR) is 170 cm³/mol. The summed E-state index contributed by atoms with van der Waals surface area (Å²) >= 11 is 0. The molecule has 7 atom stereocenters. The van der Waals surface area contributed by atoms with Gasteiger partial charge in [0, 0.05) is 7.11 Å². The van der Waals surface area contributed by atoms with Gasteiger partial charge >= 0.3 is 0 Å². The smallest absolute Gasteiger partial charge is 0.0515 e. The van der Waals surface area contributed by atoms with Crippen molar-refractivity contribution in [1.82, 2.24) is 5.32 Å². The molecule has 0 spiro atoms. The lowest BCUT2D eigenvalue weighted by atomic mass is 9.52. The monoisotopic (exact) mass is 526 g/mol. The summed E-state index contributed by atoms with van der Waals surface area (Å²) in [6.45, 7) is 31.5. The van der Waals surface area contributed by atoms with Gasteiger partial charge in [0.05, 0.1) is 6.10 Å². The van der Waals surface area contributed by atoms with Crippen molar-refractivity contribution in [1.29, 1.82) is 0 Å². The standard InChI is InChI=1S/C26H50.C4H10O.C3H9N.C2H6/c1-9-16-26(8)23(10-2)14-11-13-22-18-24(26)15-12-17-25(7,21(22)6)20(5)19(3)4;1-4(2)5-3;1-3-4-2;1-2/h19-24H,9-18H2,1-8H3;4H,1-3H3;4H,3H2,1-2H3;1-2H3. The minimum atomic E-state index is 0.384. The Balaban J connectivity index is 0. The highest BCUT2D eigenvalue weighted by Gasteiger charge is 2.47. The molecule has 2 nitrogen and oxygen atoms in total. The molecule has 2 rings (SSSR count). The second-order valence-electron chi connectivity index (χ2n) is 13.2. The first kappa shape index (κ1) is 39.1. The molecule has 2 saturated carbocycles. The van der Waals surface area contributed by atoms with Crippen LogP contribution < -0.4 is 5.32 Å². The molecule has 0 aromatic carbocycles. The van der Waals surface area contributed by atoms with E-state index < -0.39 is 0 Å². The van der Waals surface area contributed by atoms with Crippen LogP contribution in [0.15, 0.2) is 0 Å². The van der Waals surface area contributed by atoms with Crippen molar-refractivity contribution in [2.75, 3.05) is 20.7 Å². The summed E-state index contributed by atoms with van der Waals surface area (Å²) in [4.78, 5) is 0. The summed E-state index contributed by atoms with van der Waals surface area (Å²) in [6.07, 6.45) is 15.0. The van der Waals surface area contributed by atoms with Crippen molar-refractivity contribution in [3.8, 4) is 0 Å². The normalized spacial score (nSPS) is 32.7. The molecule has 0 heterocycles. The molecule has 0 radical (unpaired) electrons. The zero-order chi connectivity index (χ0) is 29.2. The van der Waals surface area contributed by atoms with Crippen LogP contribution in [0, 0.1) is 46.3 Å². The number of hydrogen-bond donors (Lipinski definition) is 1. The van der Waals surface area contributed by atoms with Gasteiger partial charge < -0.3 is 10.1 Å². The first-order chi connectivity index (χ1) is 17.4. The van der Waals surface area contributed by atoms with E-state index in [4.69, 9.17) is 4.74 Å². The number of rotatable bonds is 7. The molecule has 0 amide bonds. The Morgan fingerprint density at radius 3 is 1.86 bits per heavy atom. The van der Waals surface area contributed by atoms with Crippen molar-refractivity contribution in [3.63, 3.8) is 0 Å². The minimum Gasteiger partial charge on any atom is -0.382 e. The van der Waals surface area contributed by atoms with E-state index in [1.54, 1.807) is 7.11 Å². The van der Waals surface area contributed by atoms with Crippen LogP contribution in [0.4, 0.5) is 0 Å². The lowest BCUT2D eigenvalue weighted by Gasteiger charge is -2.53. The van der Waals surface area contributed by atoms with Gasteiger partial charge in [0.1, 0.15) is 0 Å². The van der Waals surface area contributed by atoms with Gasteiger partial charge in [0.2, 0.25) is 0 Å². The Morgan fingerprint density at radius 1 is 0.919 bits per heavy atom. The van der Waals surface area contributed by atoms with E-state index in [-0.39, 0.29) is 0 Å². The van der Waals surface area contributed by atoms with E-state index in [1.165, 1.54) is 64.2 Å². The quantitative estimate of drug-likeness (QED) is 0.357. The van der Waals surface area contributed by atoms with Gasteiger partial charge in [-0.3, -0.25) is 0 Å². The molecule has 226 valence electrons. The maximum atomic E-state index is 4.75. The SMILES string of the molecule is CC.CCCC1(C)C(CC)CCCC2CC1CCCC(C)(C(C)C(C)C)C2C.CCNC.COC(C)C. The Hall–Kier alpha value is -0.0800. The van der Waals surface area contributed by atoms with Crippen molar-refractivity contribution < 1.29 is 4.74 Å². The van der Waals surface area contributed by atoms with E-state index in [0.29, 0.717) is 16.9 Å². The van der Waals surface area contributed by atoms with Gasteiger partial charge in [-0.05, 0) is 106 Å². The van der Waals surface area contributed by atoms with Gasteiger partial charge in [0.15, 0.2) is 0 Å². The molecule has 7 unspecified atom stereocenters. The van der Waals surface area contributed by atoms with E-state index in [1.807, 2.05) is 34.7 Å². The zero-order valence-electron chi connectivity index (χ0n) is 28.7. The summed E-state index contributed by atoms with van der Waals surface area (Å²) < 4.78 is 4.75. The zero-order valence-corrected chi connectivity index (χ0v) is 28.7. The van der Waals surface area contributed by atoms with Gasteiger partial charge in [-0.2, -0.15) is 0 Å². The van der Waals surface area contributed by atoms with Gasteiger partial charge in [-0.25, -0.2) is 0 Å². The van der Waals surface area contributed by atoms with Crippen LogP contribution in [0.3, 0.4) is 0 Å². The van der Waals surface area contributed by atoms with Crippen LogP contribution in [-0.2, 0) is 4.74 Å². The molecule has 2 fully saturated rings. The van der Waals surface area contributed by atoms with Gasteiger partial charge in [0.25, 0.3) is 0 Å². The fraction of sp³-hybridized carbons (Fsp3) is 1.00. The van der Waals surface area contributed by atoms with E-state index in [0.717, 1.165) is 42.1 Å². The summed E-state index contributed by atoms with van der Waals surface area (Å²) in [5.74, 6) is 5.42. The first-order valence-corrected chi connectivity index (χ1v) is 16.6. The lowest BCUT2D eigenvalue weighted by molar-refractivity contribution is -0.0377. The molecule has 0 aromatic heterocycles. The van der Waals surface area contributed by atoms with Crippen molar-refractivity contribution in [2.24, 2.45) is 46.3 Å². The van der Waals surface area contributed by atoms with Crippen LogP contribution in [0.5, 0.6) is 0 Å². The molecule has 2 aliphatic rings. The minimum absolute atomic E-state index is 0.384. The van der Waals surface area contributed by atoms with Crippen molar-refractivity contribution in [3.05, 3.63) is 0 Å². The Kier molecular flexibility index (Phi) is 21.9. The van der Waals surface area contributed by atoms with Gasteiger partial charge in [-0.1, -0.05) is 108 Å². The first-order valence-electron chi connectivity index (χ1n) is 16.6. The summed E-state index contributed by atoms with van der Waals surface area (Å²) in [5, 5.41) is 2.93. The highest BCUT2D eigenvalue weighted by Crippen LogP contribution is 2.57. The molecule has 0 aliphatic heterocycles. The molecular weight excluding hydrogens is 450 g/mol. The summed E-state index contributed by atoms with van der Waals surface area (Å²) in [7, 11) is 3.63. The average Bonchev–Trinajstić information content (AvgIpc) is 2.88.